The fourth-order valence-electron chi connectivity index (χ4n) is 4.78. The summed E-state index contributed by atoms with van der Waals surface area (Å²) in [5.41, 5.74) is 0.000583. The van der Waals surface area contributed by atoms with E-state index in [0.717, 1.165) is 12.1 Å². The minimum Gasteiger partial charge on any atom is -0.350 e. The molecule has 11 heteroatoms. The summed E-state index contributed by atoms with van der Waals surface area (Å²) in [6.07, 6.45) is 1.28. The lowest BCUT2D eigenvalue weighted by Crippen LogP contribution is -2.54. The van der Waals surface area contributed by atoms with Crippen LogP contribution < -0.4 is 10.6 Å². The highest BCUT2D eigenvalue weighted by atomic mass is 35.5. The number of hydrogen-bond acceptors (Lipinski definition) is 5. The van der Waals surface area contributed by atoms with E-state index in [2.05, 4.69) is 11.6 Å². The van der Waals surface area contributed by atoms with Crippen LogP contribution in [0.25, 0.3) is 22.0 Å². The number of nitrogens with zero attached hydrogens (tertiary/aromatic N) is 4. The zero-order chi connectivity index (χ0) is 25.0. The first-order valence-corrected chi connectivity index (χ1v) is 12.7. The summed E-state index contributed by atoms with van der Waals surface area (Å²) in [7, 11) is 0. The Balaban J connectivity index is 1.73. The van der Waals surface area contributed by atoms with Gasteiger partial charge in [0.15, 0.2) is 0 Å². The van der Waals surface area contributed by atoms with Crippen LogP contribution in [0, 0.1) is 11.6 Å². The van der Waals surface area contributed by atoms with Crippen LogP contribution >= 0.6 is 35.0 Å². The number of rotatable bonds is 3. The van der Waals surface area contributed by atoms with Gasteiger partial charge in [0.05, 0.1) is 16.1 Å². The number of aryl methyl sites for hydroxylation is 1. The number of anilines is 1. The first-order chi connectivity index (χ1) is 16.7. The number of hydrogen-bond donors (Lipinski definition) is 0. The molecule has 0 saturated carbocycles. The predicted molar refractivity (Wildman–Crippen MR) is 136 cm³/mol. The molecule has 0 radical (unpaired) electrons. The van der Waals surface area contributed by atoms with Crippen molar-refractivity contribution in [1.82, 2.24) is 14.5 Å². The van der Waals surface area contributed by atoms with Gasteiger partial charge in [-0.15, -0.1) is 11.8 Å². The van der Waals surface area contributed by atoms with Gasteiger partial charge >= 0.3 is 5.69 Å². The molecule has 1 saturated heterocycles. The average Bonchev–Trinajstić information content (AvgIpc) is 2.81. The van der Waals surface area contributed by atoms with Crippen molar-refractivity contribution in [1.29, 1.82) is 0 Å². The topological polar surface area (TPSA) is 58.4 Å². The van der Waals surface area contributed by atoms with Crippen LogP contribution in [-0.4, -0.2) is 51.8 Å². The lowest BCUT2D eigenvalue weighted by atomic mass is 10.0. The van der Waals surface area contributed by atoms with Crippen molar-refractivity contribution in [3.8, 4) is 11.1 Å². The molecule has 2 aromatic carbocycles. The molecule has 1 amide bonds. The van der Waals surface area contributed by atoms with Gasteiger partial charge in [-0.3, -0.25) is 9.36 Å². The van der Waals surface area contributed by atoms with Crippen LogP contribution in [0.4, 0.5) is 14.6 Å². The summed E-state index contributed by atoms with van der Waals surface area (Å²) in [5.74, 6) is -0.866. The molecule has 0 spiro atoms. The third-order valence-electron chi connectivity index (χ3n) is 6.35. The van der Waals surface area contributed by atoms with Crippen molar-refractivity contribution >= 4 is 57.6 Å². The van der Waals surface area contributed by atoms with E-state index >= 15 is 0 Å². The van der Waals surface area contributed by atoms with E-state index in [1.54, 1.807) is 11.0 Å². The molecule has 0 unspecified atom stereocenters. The van der Waals surface area contributed by atoms with Crippen molar-refractivity contribution in [2.45, 2.75) is 24.4 Å². The molecule has 35 heavy (non-hydrogen) atoms. The highest BCUT2D eigenvalue weighted by Gasteiger charge is 2.32. The molecular formula is C24H20Cl2F2N4O2S. The van der Waals surface area contributed by atoms with Gasteiger partial charge in [-0.25, -0.2) is 13.6 Å². The number of amides is 1. The number of benzene rings is 2. The Labute approximate surface area is 214 Å². The van der Waals surface area contributed by atoms with Crippen LogP contribution in [0.1, 0.15) is 6.92 Å². The van der Waals surface area contributed by atoms with Gasteiger partial charge in [-0.2, -0.15) is 4.98 Å². The predicted octanol–water partition coefficient (Wildman–Crippen LogP) is 4.98. The maximum atomic E-state index is 14.9. The van der Waals surface area contributed by atoms with Crippen molar-refractivity contribution in [3.05, 3.63) is 63.0 Å². The van der Waals surface area contributed by atoms with Crippen LogP contribution in [0.15, 0.2) is 40.5 Å². The maximum absolute atomic E-state index is 14.9. The summed E-state index contributed by atoms with van der Waals surface area (Å²) in [5, 5.41) is 0.697. The second-order valence-electron chi connectivity index (χ2n) is 8.45. The van der Waals surface area contributed by atoms with Crippen molar-refractivity contribution in [2.24, 2.45) is 0 Å². The Bertz CT molecular complexity index is 1440. The fourth-order valence-corrected chi connectivity index (χ4v) is 6.52. The lowest BCUT2D eigenvalue weighted by molar-refractivity contribution is -0.126. The molecule has 2 aliphatic rings. The lowest BCUT2D eigenvalue weighted by Gasteiger charge is -2.40. The van der Waals surface area contributed by atoms with Gasteiger partial charge in [0.1, 0.15) is 17.5 Å². The largest absolute Gasteiger partial charge is 0.350 e. The molecule has 0 aliphatic carbocycles. The number of aromatic nitrogens is 2. The molecule has 1 aromatic heterocycles. The van der Waals surface area contributed by atoms with E-state index < -0.39 is 17.3 Å². The Morgan fingerprint density at radius 2 is 1.89 bits per heavy atom. The highest BCUT2D eigenvalue weighted by Crippen LogP contribution is 2.47. The maximum Gasteiger partial charge on any atom is 0.350 e. The summed E-state index contributed by atoms with van der Waals surface area (Å²) in [4.78, 5) is 33.7. The minimum absolute atomic E-state index is 0.0616. The van der Waals surface area contributed by atoms with Crippen LogP contribution in [0.3, 0.4) is 0 Å². The molecule has 3 aromatic rings. The highest BCUT2D eigenvalue weighted by molar-refractivity contribution is 7.99. The molecule has 3 heterocycles. The zero-order valence-corrected chi connectivity index (χ0v) is 21.0. The van der Waals surface area contributed by atoms with E-state index in [9.17, 15) is 18.4 Å². The molecule has 1 fully saturated rings. The second kappa shape index (κ2) is 9.11. The van der Waals surface area contributed by atoms with E-state index in [1.165, 1.54) is 22.4 Å². The van der Waals surface area contributed by atoms with E-state index in [1.807, 2.05) is 11.8 Å². The van der Waals surface area contributed by atoms with E-state index in [0.29, 0.717) is 53.5 Å². The minimum atomic E-state index is -0.835. The van der Waals surface area contributed by atoms with Crippen LogP contribution in [0.2, 0.25) is 10.0 Å². The van der Waals surface area contributed by atoms with Gasteiger partial charge in [0.2, 0.25) is 5.91 Å². The molecule has 1 atom stereocenters. The zero-order valence-electron chi connectivity index (χ0n) is 18.7. The number of thioether (sulfide) groups is 1. The van der Waals surface area contributed by atoms with Gasteiger partial charge in [0, 0.05) is 58.8 Å². The first kappa shape index (κ1) is 24.1. The summed E-state index contributed by atoms with van der Waals surface area (Å²) in [6, 6.07) is 3.55. The second-order valence-corrected chi connectivity index (χ2v) is 10.4. The molecule has 0 N–H and O–H groups in total. The molecule has 5 rings (SSSR count). The number of piperazine rings is 1. The Hall–Kier alpha value is -2.62. The molecule has 2 aliphatic heterocycles. The summed E-state index contributed by atoms with van der Waals surface area (Å²) in [6.45, 7) is 7.23. The Kier molecular flexibility index (Phi) is 6.27. The third kappa shape index (κ3) is 3.99. The monoisotopic (exact) mass is 536 g/mol. The molecule has 0 bridgehead atoms. The summed E-state index contributed by atoms with van der Waals surface area (Å²) >= 11 is 13.9. The molecule has 182 valence electrons. The SMILES string of the molecule is C=CC(=O)N1CCN(c2nc(=O)n3c4c(c(-c5c(F)cc(Cl)cc5F)c(Cl)cc24)SCC3)[C@@H](C)C1. The van der Waals surface area contributed by atoms with Gasteiger partial charge in [-0.1, -0.05) is 29.8 Å². The van der Waals surface area contributed by atoms with Gasteiger partial charge in [0.25, 0.3) is 0 Å². The van der Waals surface area contributed by atoms with Crippen molar-refractivity contribution < 1.29 is 13.6 Å². The van der Waals surface area contributed by atoms with E-state index in [4.69, 9.17) is 23.2 Å². The standard InChI is InChI=1S/C24H20Cl2F2N4O2S/c1-3-18(33)30-4-5-31(12(2)11-30)23-14-10-15(26)19(20-16(27)8-13(25)9-17(20)28)22-21(14)32(6-7-35-22)24(34)29-23/h3,8-10,12H,1,4-7,11H2,2H3/t12-/m0/s1. The van der Waals surface area contributed by atoms with Crippen molar-refractivity contribution in [3.63, 3.8) is 0 Å². The average molecular weight is 537 g/mol. The Morgan fingerprint density at radius 3 is 2.54 bits per heavy atom. The van der Waals surface area contributed by atoms with Crippen molar-refractivity contribution in [2.75, 3.05) is 30.3 Å². The Morgan fingerprint density at radius 1 is 1.17 bits per heavy atom. The van der Waals surface area contributed by atoms with Gasteiger partial charge in [-0.05, 0) is 31.2 Å². The number of carbonyl (C=O) groups excluding carboxylic acids is 1. The molecular weight excluding hydrogens is 517 g/mol. The smallest absolute Gasteiger partial charge is 0.350 e. The van der Waals surface area contributed by atoms with Gasteiger partial charge < -0.3 is 9.80 Å². The number of carbonyl (C=O) groups is 1. The third-order valence-corrected chi connectivity index (χ3v) is 7.94. The summed E-state index contributed by atoms with van der Waals surface area (Å²) < 4.78 is 31.4. The fraction of sp³-hybridized carbons (Fsp3) is 0.292. The first-order valence-electron chi connectivity index (χ1n) is 10.9. The number of halogens is 4. The quantitative estimate of drug-likeness (QED) is 0.442. The van der Waals surface area contributed by atoms with Crippen LogP contribution in [0.5, 0.6) is 0 Å². The molecule has 6 nitrogen and oxygen atoms in total. The van der Waals surface area contributed by atoms with Crippen LogP contribution in [-0.2, 0) is 11.3 Å². The van der Waals surface area contributed by atoms with E-state index in [-0.39, 0.29) is 33.1 Å². The normalized spacial score (nSPS) is 17.7.